The Morgan fingerprint density at radius 3 is 2.75 bits per heavy atom. The number of carbonyl (C=O) groups excluding carboxylic acids is 1. The highest BCUT2D eigenvalue weighted by Crippen LogP contribution is 1.97. The average molecular weight is 249 g/mol. The van der Waals surface area contributed by atoms with E-state index in [4.69, 9.17) is 0 Å². The standard InChI is InChI=1S/C6H11N5O4S/c1-4(2)15-6(12)11-16(13,14)10-5-7-3-8-9-5/h3-4H,1-2H3,(H,11,12)(H2,7,8,9,10). The summed E-state index contributed by atoms with van der Waals surface area (Å²) in [7, 11) is -4.06. The number of anilines is 1. The Morgan fingerprint density at radius 1 is 1.56 bits per heavy atom. The molecule has 0 aliphatic heterocycles. The molecule has 0 radical (unpaired) electrons. The van der Waals surface area contributed by atoms with E-state index in [1.54, 1.807) is 18.6 Å². The first-order valence-electron chi connectivity index (χ1n) is 4.25. The Morgan fingerprint density at radius 2 is 2.25 bits per heavy atom. The van der Waals surface area contributed by atoms with Gasteiger partial charge >= 0.3 is 16.3 Å². The number of nitrogens with one attached hydrogen (secondary N) is 3. The van der Waals surface area contributed by atoms with E-state index in [1.807, 2.05) is 4.72 Å². The highest BCUT2D eigenvalue weighted by molar-refractivity contribution is 7.91. The van der Waals surface area contributed by atoms with Gasteiger partial charge in [-0.1, -0.05) is 0 Å². The van der Waals surface area contributed by atoms with Crippen LogP contribution >= 0.6 is 0 Å². The smallest absolute Gasteiger partial charge is 0.422 e. The van der Waals surface area contributed by atoms with E-state index >= 15 is 0 Å². The molecule has 9 nitrogen and oxygen atoms in total. The van der Waals surface area contributed by atoms with Crippen LogP contribution in [0, 0.1) is 0 Å². The lowest BCUT2D eigenvalue weighted by Crippen LogP contribution is -2.37. The normalized spacial score (nSPS) is 11.2. The number of aromatic nitrogens is 3. The lowest BCUT2D eigenvalue weighted by molar-refractivity contribution is 0.121. The zero-order valence-corrected chi connectivity index (χ0v) is 9.41. The maximum absolute atomic E-state index is 11.3. The molecule has 0 saturated heterocycles. The molecule has 0 aromatic carbocycles. The first kappa shape index (κ1) is 12.2. The fraction of sp³-hybridized carbons (Fsp3) is 0.500. The lowest BCUT2D eigenvalue weighted by Gasteiger charge is -2.09. The number of ether oxygens (including phenoxy) is 1. The Balaban J connectivity index is 2.55. The zero-order chi connectivity index (χ0) is 12.2. The lowest BCUT2D eigenvalue weighted by atomic mass is 10.5. The van der Waals surface area contributed by atoms with Crippen LogP contribution in [0.25, 0.3) is 0 Å². The SMILES string of the molecule is CC(C)OC(=O)NS(=O)(=O)Nc1ncn[nH]1. The van der Waals surface area contributed by atoms with E-state index in [-0.39, 0.29) is 5.95 Å². The number of H-pyrrole nitrogens is 1. The van der Waals surface area contributed by atoms with Crippen LogP contribution in [-0.4, -0.2) is 35.8 Å². The van der Waals surface area contributed by atoms with Gasteiger partial charge in [-0.05, 0) is 13.8 Å². The molecule has 3 N–H and O–H groups in total. The van der Waals surface area contributed by atoms with Crippen LogP contribution in [0.3, 0.4) is 0 Å². The van der Waals surface area contributed by atoms with Crippen molar-refractivity contribution >= 4 is 22.3 Å². The molecule has 0 unspecified atom stereocenters. The van der Waals surface area contributed by atoms with Gasteiger partial charge in [-0.2, -0.15) is 18.5 Å². The predicted octanol–water partition coefficient (Wildman–Crippen LogP) is -0.404. The first-order chi connectivity index (χ1) is 7.39. The van der Waals surface area contributed by atoms with Gasteiger partial charge in [-0.3, -0.25) is 0 Å². The Hall–Kier alpha value is -1.84. The Bertz CT molecular complexity index is 439. The van der Waals surface area contributed by atoms with Crippen LogP contribution in [0.15, 0.2) is 6.33 Å². The van der Waals surface area contributed by atoms with Gasteiger partial charge in [0, 0.05) is 0 Å². The second-order valence-corrected chi connectivity index (χ2v) is 4.41. The summed E-state index contributed by atoms with van der Waals surface area (Å²) in [5, 5.41) is 5.69. The van der Waals surface area contributed by atoms with E-state index in [2.05, 4.69) is 19.9 Å². The quantitative estimate of drug-likeness (QED) is 0.666. The van der Waals surface area contributed by atoms with Crippen molar-refractivity contribution in [1.29, 1.82) is 0 Å². The van der Waals surface area contributed by atoms with Gasteiger partial charge in [-0.25, -0.2) is 19.3 Å². The van der Waals surface area contributed by atoms with Crippen molar-refractivity contribution in [3.8, 4) is 0 Å². The fourth-order valence-corrected chi connectivity index (χ4v) is 1.43. The minimum absolute atomic E-state index is 0.107. The van der Waals surface area contributed by atoms with Gasteiger partial charge in [0.25, 0.3) is 0 Å². The average Bonchev–Trinajstić information content (AvgIpc) is 2.51. The van der Waals surface area contributed by atoms with Crippen LogP contribution in [0.2, 0.25) is 0 Å². The molecule has 1 aromatic heterocycles. The largest absolute Gasteiger partial charge is 0.446 e. The summed E-state index contributed by atoms with van der Waals surface area (Å²) >= 11 is 0. The van der Waals surface area contributed by atoms with Gasteiger partial charge < -0.3 is 4.74 Å². The van der Waals surface area contributed by atoms with Crippen LogP contribution in [-0.2, 0) is 14.9 Å². The van der Waals surface area contributed by atoms with Gasteiger partial charge in [0.05, 0.1) is 6.10 Å². The number of nitrogens with zero attached hydrogens (tertiary/aromatic N) is 2. The van der Waals surface area contributed by atoms with Crippen molar-refractivity contribution in [2.24, 2.45) is 0 Å². The summed E-state index contributed by atoms with van der Waals surface area (Å²) in [5.41, 5.74) is 0. The monoisotopic (exact) mass is 249 g/mol. The molecule has 16 heavy (non-hydrogen) atoms. The van der Waals surface area contributed by atoms with E-state index < -0.39 is 22.4 Å². The van der Waals surface area contributed by atoms with E-state index in [0.29, 0.717) is 0 Å². The molecule has 1 heterocycles. The second-order valence-electron chi connectivity index (χ2n) is 3.00. The van der Waals surface area contributed by atoms with Crippen LogP contribution in [0.4, 0.5) is 10.7 Å². The van der Waals surface area contributed by atoms with Crippen molar-refractivity contribution in [1.82, 2.24) is 19.9 Å². The van der Waals surface area contributed by atoms with Crippen LogP contribution in [0.5, 0.6) is 0 Å². The molecule has 1 rings (SSSR count). The van der Waals surface area contributed by atoms with Crippen molar-refractivity contribution in [2.75, 3.05) is 4.72 Å². The van der Waals surface area contributed by atoms with Crippen LogP contribution < -0.4 is 9.44 Å². The summed E-state index contributed by atoms with van der Waals surface area (Å²) in [6.45, 7) is 3.19. The van der Waals surface area contributed by atoms with Crippen molar-refractivity contribution in [3.63, 3.8) is 0 Å². The third-order valence-corrected chi connectivity index (χ3v) is 2.10. The molecule has 0 aliphatic rings. The molecule has 1 aromatic rings. The minimum atomic E-state index is -4.06. The van der Waals surface area contributed by atoms with Crippen molar-refractivity contribution < 1.29 is 17.9 Å². The Labute approximate surface area is 91.8 Å². The molecule has 0 aliphatic carbocycles. The highest BCUT2D eigenvalue weighted by atomic mass is 32.2. The number of hydrogen-bond acceptors (Lipinski definition) is 6. The number of amides is 1. The molecule has 0 spiro atoms. The molecule has 0 fully saturated rings. The fourth-order valence-electron chi connectivity index (χ4n) is 0.755. The number of hydrogen-bond donors (Lipinski definition) is 3. The minimum Gasteiger partial charge on any atom is -0.446 e. The third kappa shape index (κ3) is 4.13. The summed E-state index contributed by atoms with van der Waals surface area (Å²) in [6.07, 6.45) is -0.368. The van der Waals surface area contributed by atoms with Gasteiger partial charge in [0.1, 0.15) is 6.33 Å². The Kier molecular flexibility index (Phi) is 3.66. The van der Waals surface area contributed by atoms with Gasteiger partial charge in [-0.15, -0.1) is 0 Å². The summed E-state index contributed by atoms with van der Waals surface area (Å²) < 4.78 is 30.7. The molecular formula is C6H11N5O4S. The number of carbonyl (C=O) groups is 1. The molecule has 0 saturated carbocycles. The van der Waals surface area contributed by atoms with Gasteiger partial charge in [0.15, 0.2) is 0 Å². The molecule has 0 atom stereocenters. The highest BCUT2D eigenvalue weighted by Gasteiger charge is 2.17. The predicted molar refractivity (Wildman–Crippen MR) is 53.7 cm³/mol. The third-order valence-electron chi connectivity index (χ3n) is 1.21. The number of aromatic amines is 1. The van der Waals surface area contributed by atoms with Crippen LogP contribution in [0.1, 0.15) is 13.8 Å². The maximum atomic E-state index is 11.3. The topological polar surface area (TPSA) is 126 Å². The van der Waals surface area contributed by atoms with E-state index in [9.17, 15) is 13.2 Å². The molecule has 1 amide bonds. The maximum Gasteiger partial charge on any atom is 0.422 e. The number of rotatable bonds is 4. The zero-order valence-electron chi connectivity index (χ0n) is 8.59. The summed E-state index contributed by atoms with van der Waals surface area (Å²) in [4.78, 5) is 14.5. The summed E-state index contributed by atoms with van der Waals surface area (Å²) in [6, 6.07) is 0. The molecule has 10 heteroatoms. The van der Waals surface area contributed by atoms with E-state index in [1.165, 1.54) is 0 Å². The van der Waals surface area contributed by atoms with Crippen molar-refractivity contribution in [2.45, 2.75) is 20.0 Å². The molecular weight excluding hydrogens is 238 g/mol. The molecule has 90 valence electrons. The van der Waals surface area contributed by atoms with E-state index in [0.717, 1.165) is 6.33 Å². The summed E-state index contributed by atoms with van der Waals surface area (Å²) in [5.74, 6) is -0.107. The van der Waals surface area contributed by atoms with Gasteiger partial charge in [0.2, 0.25) is 5.95 Å². The first-order valence-corrected chi connectivity index (χ1v) is 5.74. The second kappa shape index (κ2) is 4.79. The van der Waals surface area contributed by atoms with Crippen molar-refractivity contribution in [3.05, 3.63) is 6.33 Å². The molecule has 0 bridgehead atoms.